The Bertz CT molecular complexity index is 4690. The molecule has 0 aliphatic carbocycles. The zero-order valence-corrected chi connectivity index (χ0v) is 58.0. The van der Waals surface area contributed by atoms with Crippen molar-refractivity contribution in [3.8, 4) is 0 Å². The molecule has 2 N–H and O–H groups in total. The molecule has 7 nitrogen and oxygen atoms in total. The summed E-state index contributed by atoms with van der Waals surface area (Å²) in [6.45, 7) is 0. The van der Waals surface area contributed by atoms with E-state index >= 15 is 0 Å². The summed E-state index contributed by atoms with van der Waals surface area (Å²) in [6.07, 6.45) is 0. The highest BCUT2D eigenvalue weighted by Crippen LogP contribution is 2.51. The highest BCUT2D eigenvalue weighted by molar-refractivity contribution is 6.44. The van der Waals surface area contributed by atoms with E-state index in [2.05, 4.69) is 235 Å². The fraction of sp³-hybridized carbons (Fsp3) is 0. The number of rotatable bonds is 19. The van der Waals surface area contributed by atoms with Crippen LogP contribution in [0.25, 0.3) is 0 Å². The first kappa shape index (κ1) is 67.6. The summed E-state index contributed by atoms with van der Waals surface area (Å²) in [6, 6.07) is 137. The van der Waals surface area contributed by atoms with Gasteiger partial charge in [-0.1, -0.05) is 259 Å². The van der Waals surface area contributed by atoms with E-state index in [0.29, 0.717) is 20.1 Å². The molecule has 0 aliphatic rings. The average Bonchev–Trinajstić information content (AvgIpc) is 0.773. The van der Waals surface area contributed by atoms with E-state index in [1.54, 1.807) is 6.07 Å². The second-order valence-corrected chi connectivity index (χ2v) is 24.8. The minimum Gasteiger partial charge on any atom is -0.355 e. The Morgan fingerprint density at radius 2 is 0.347 bits per heavy atom. The molecule has 0 aromatic heterocycles. The van der Waals surface area contributed by atoms with Crippen LogP contribution in [0, 0.1) is 0 Å². The van der Waals surface area contributed by atoms with Crippen LogP contribution < -0.4 is 35.1 Å². The van der Waals surface area contributed by atoms with E-state index < -0.39 is 0 Å². The van der Waals surface area contributed by atoms with Gasteiger partial charge in [-0.25, -0.2) is 0 Å². The Balaban J connectivity index is 0.000000179. The molecule has 101 heavy (non-hydrogen) atoms. The van der Waals surface area contributed by atoms with Crippen molar-refractivity contribution in [1.29, 1.82) is 0 Å². The zero-order chi connectivity index (χ0) is 69.0. The molecule has 15 aromatic carbocycles. The van der Waals surface area contributed by atoms with Crippen LogP contribution in [0.4, 0.5) is 108 Å². The maximum atomic E-state index is 7.65. The summed E-state index contributed by atoms with van der Waals surface area (Å²) >= 11 is 27.9. The predicted octanol–water partition coefficient (Wildman–Crippen LogP) is 28.5. The van der Waals surface area contributed by atoms with Gasteiger partial charge < -0.3 is 35.1 Å². The van der Waals surface area contributed by atoms with E-state index in [0.717, 1.165) is 108 Å². The standard InChI is InChI=1S/C54H40Cl2N4.C18H13Cl2N.C18H16N2/c55-53-49(57(41-22-7-1-8-23-41)42-24-9-2-10-25-42)36-20-38-51(53)59(45-30-15-5-16-31-45)47-34-19-35-48(40-47)60(46-32-17-6-18-33-46)52-39-21-37-50(54(52)56)58(43-26-11-3-12-27-43)44-28-13-4-14-29-44;19-16-12-7-13-17(18(16)20)21(14-8-3-1-4-9-14)15-10-5-2-6-11-15;1-3-8-15(9-4-1)19-17-12-7-13-18(14-17)20-16-10-5-2-6-11-16/h1-40H;1-13H;1-14,19-20H. The van der Waals surface area contributed by atoms with Gasteiger partial charge in [0, 0.05) is 79.6 Å². The average molecular weight is 1390 g/mol. The largest absolute Gasteiger partial charge is 0.355 e. The first-order valence-corrected chi connectivity index (χ1v) is 34.6. The summed E-state index contributed by atoms with van der Waals surface area (Å²) < 4.78 is 0. The molecule has 0 saturated heterocycles. The number of para-hydroxylation sites is 10. The number of benzene rings is 15. The van der Waals surface area contributed by atoms with Gasteiger partial charge >= 0.3 is 0 Å². The molecule has 0 aliphatic heterocycles. The van der Waals surface area contributed by atoms with Crippen molar-refractivity contribution < 1.29 is 0 Å². The smallest absolute Gasteiger partial charge is 0.0887 e. The normalized spacial score (nSPS) is 10.6. The maximum absolute atomic E-state index is 7.65. The topological polar surface area (TPSA) is 40.3 Å². The van der Waals surface area contributed by atoms with Crippen molar-refractivity contribution in [3.63, 3.8) is 0 Å². The lowest BCUT2D eigenvalue weighted by Crippen LogP contribution is -2.16. The Labute approximate surface area is 611 Å². The lowest BCUT2D eigenvalue weighted by molar-refractivity contribution is 1.23. The lowest BCUT2D eigenvalue weighted by atomic mass is 10.1. The summed E-state index contributed by atoms with van der Waals surface area (Å²) in [5, 5.41) is 9.09. The van der Waals surface area contributed by atoms with Crippen LogP contribution in [0.15, 0.2) is 406 Å². The van der Waals surface area contributed by atoms with Gasteiger partial charge in [-0.3, -0.25) is 0 Å². The summed E-state index contributed by atoms with van der Waals surface area (Å²) in [7, 11) is 0. The summed E-state index contributed by atoms with van der Waals surface area (Å²) in [5.41, 5.74) is 18.4. The molecule has 492 valence electrons. The maximum Gasteiger partial charge on any atom is 0.0887 e. The first-order valence-electron chi connectivity index (χ1n) is 33.1. The van der Waals surface area contributed by atoms with Gasteiger partial charge in [0.05, 0.1) is 48.5 Å². The highest BCUT2D eigenvalue weighted by Gasteiger charge is 2.26. The van der Waals surface area contributed by atoms with Crippen molar-refractivity contribution in [2.75, 3.05) is 35.1 Å². The first-order chi connectivity index (χ1) is 49.8. The highest BCUT2D eigenvalue weighted by atomic mass is 35.5. The van der Waals surface area contributed by atoms with Crippen LogP contribution in [0.5, 0.6) is 0 Å². The number of hydrogen-bond donors (Lipinski definition) is 2. The van der Waals surface area contributed by atoms with E-state index in [1.165, 1.54) is 0 Å². The van der Waals surface area contributed by atoms with Crippen molar-refractivity contribution >= 4 is 154 Å². The molecule has 0 bridgehead atoms. The Morgan fingerprint density at radius 3 is 0.614 bits per heavy atom. The molecule has 11 heteroatoms. The van der Waals surface area contributed by atoms with Gasteiger partial charge in [0.1, 0.15) is 0 Å². The van der Waals surface area contributed by atoms with Gasteiger partial charge in [-0.05, 0) is 194 Å². The Hall–Kier alpha value is -11.9. The van der Waals surface area contributed by atoms with Crippen LogP contribution in [0.3, 0.4) is 0 Å². The fourth-order valence-electron chi connectivity index (χ4n) is 11.9. The number of halogens is 4. The van der Waals surface area contributed by atoms with Crippen LogP contribution in [-0.2, 0) is 0 Å². The second kappa shape index (κ2) is 33.5. The van der Waals surface area contributed by atoms with E-state index in [9.17, 15) is 0 Å². The third-order valence-corrected chi connectivity index (χ3v) is 18.1. The fourth-order valence-corrected chi connectivity index (χ4v) is 12.9. The van der Waals surface area contributed by atoms with Crippen LogP contribution >= 0.6 is 46.4 Å². The number of anilines is 19. The van der Waals surface area contributed by atoms with E-state index in [1.807, 2.05) is 200 Å². The minimum atomic E-state index is 0.547. The molecule has 0 heterocycles. The SMILES string of the molecule is Clc1c(N(c2ccccc2)c2ccccc2)cccc1N(c1ccccc1)c1cccc(N(c2ccccc2)c2cccc(N(c3ccccc3)c3ccccc3)c2Cl)c1.Clc1cccc(N(c2ccccc2)c2ccccc2)c1Cl.c1ccc(Nc2cccc(Nc3ccccc3)c2)cc1. The monoisotopic (exact) mass is 1390 g/mol. The van der Waals surface area contributed by atoms with Crippen LogP contribution in [-0.4, -0.2) is 0 Å². The second-order valence-electron chi connectivity index (χ2n) is 23.2. The van der Waals surface area contributed by atoms with Gasteiger partial charge in [-0.2, -0.15) is 0 Å². The molecule has 0 fully saturated rings. The van der Waals surface area contributed by atoms with E-state index in [4.69, 9.17) is 46.4 Å². The van der Waals surface area contributed by atoms with Gasteiger partial charge in [0.2, 0.25) is 0 Å². The molecule has 0 spiro atoms. The summed E-state index contributed by atoms with van der Waals surface area (Å²) in [5.74, 6) is 0. The molecule has 0 saturated carbocycles. The summed E-state index contributed by atoms with van der Waals surface area (Å²) in [4.78, 5) is 10.9. The van der Waals surface area contributed by atoms with Gasteiger partial charge in [-0.15, -0.1) is 0 Å². The third-order valence-electron chi connectivity index (χ3n) is 16.5. The molecule has 0 unspecified atom stereocenters. The Morgan fingerprint density at radius 1 is 0.158 bits per heavy atom. The lowest BCUT2D eigenvalue weighted by Gasteiger charge is -2.33. The Kier molecular flexibility index (Phi) is 22.5. The van der Waals surface area contributed by atoms with Crippen molar-refractivity contribution in [2.24, 2.45) is 0 Å². The predicted molar refractivity (Wildman–Crippen MR) is 432 cm³/mol. The van der Waals surface area contributed by atoms with Crippen molar-refractivity contribution in [1.82, 2.24) is 0 Å². The minimum absolute atomic E-state index is 0.547. The molecular formula is C90H69Cl4N7. The molecule has 0 amide bonds. The molecule has 0 atom stereocenters. The van der Waals surface area contributed by atoms with Crippen LogP contribution in [0.2, 0.25) is 20.1 Å². The third kappa shape index (κ3) is 16.6. The molecule has 0 radical (unpaired) electrons. The van der Waals surface area contributed by atoms with Crippen LogP contribution in [0.1, 0.15) is 0 Å². The molecule has 15 aromatic rings. The molecular weight excluding hydrogens is 1320 g/mol. The van der Waals surface area contributed by atoms with Gasteiger partial charge in [0.25, 0.3) is 0 Å². The zero-order valence-electron chi connectivity index (χ0n) is 54.9. The van der Waals surface area contributed by atoms with E-state index in [-0.39, 0.29) is 0 Å². The number of nitrogens with one attached hydrogen (secondary N) is 2. The quantitative estimate of drug-likeness (QED) is 0.0836. The number of nitrogens with zero attached hydrogens (tertiary/aromatic N) is 5. The van der Waals surface area contributed by atoms with Crippen molar-refractivity contribution in [3.05, 3.63) is 427 Å². The van der Waals surface area contributed by atoms with Gasteiger partial charge in [0.15, 0.2) is 0 Å². The molecule has 15 rings (SSSR count). The van der Waals surface area contributed by atoms with Crippen molar-refractivity contribution in [2.45, 2.75) is 0 Å². The number of hydrogen-bond acceptors (Lipinski definition) is 7.